The molecule has 6 rings (SSSR count). The van der Waals surface area contributed by atoms with E-state index in [0.717, 1.165) is 0 Å². The van der Waals surface area contributed by atoms with Gasteiger partial charge in [0.1, 0.15) is 17.8 Å². The molecule has 8 heteroatoms. The zero-order valence-electron chi connectivity index (χ0n) is 45.1. The molecule has 376 valence electrons. The lowest BCUT2D eigenvalue weighted by atomic mass is 9.80. The number of ether oxygens (including phenoxy) is 4. The molecule has 69 heavy (non-hydrogen) atoms. The molecule has 2 saturated heterocycles. The summed E-state index contributed by atoms with van der Waals surface area (Å²) in [5.74, 6) is -0.261. The second-order valence-corrected chi connectivity index (χ2v) is 25.0. The molecule has 2 N–H and O–H groups in total. The molecule has 8 nitrogen and oxygen atoms in total. The number of hydrogen-bond donors (Lipinski definition) is 2. The summed E-state index contributed by atoms with van der Waals surface area (Å²) in [5.41, 5.74) is 8.25. The van der Waals surface area contributed by atoms with Crippen LogP contribution in [-0.2, 0) is 45.4 Å². The van der Waals surface area contributed by atoms with Crippen molar-refractivity contribution in [2.45, 2.75) is 205 Å². The van der Waals surface area contributed by atoms with Crippen LogP contribution in [0, 0.1) is 0 Å². The van der Waals surface area contributed by atoms with Gasteiger partial charge >= 0.3 is 12.1 Å². The van der Waals surface area contributed by atoms with Gasteiger partial charge in [0.05, 0.1) is 6.61 Å². The maximum absolute atomic E-state index is 13.8. The molecule has 2 aliphatic rings. The highest BCUT2D eigenvalue weighted by atomic mass is 16.7. The molecule has 0 amide bonds. The van der Waals surface area contributed by atoms with Crippen molar-refractivity contribution < 1.29 is 28.5 Å². The van der Waals surface area contributed by atoms with Crippen LogP contribution in [0.25, 0.3) is 0 Å². The van der Waals surface area contributed by atoms with E-state index in [1.165, 1.54) is 44.5 Å². The number of nitrogens with one attached hydrogen (secondary N) is 2. The number of rotatable bonds is 15. The van der Waals surface area contributed by atoms with Crippen LogP contribution < -0.4 is 10.6 Å². The fourth-order valence-corrected chi connectivity index (χ4v) is 9.76. The Morgan fingerprint density at radius 3 is 1.13 bits per heavy atom. The summed E-state index contributed by atoms with van der Waals surface area (Å²) in [4.78, 5) is 27.3. The monoisotopic (exact) mass is 943 g/mol. The third-order valence-electron chi connectivity index (χ3n) is 14.8. The fourth-order valence-electron chi connectivity index (χ4n) is 9.76. The smallest absolute Gasteiger partial charge is 0.459 e. The van der Waals surface area contributed by atoms with Gasteiger partial charge in [-0.15, -0.1) is 0 Å². The minimum atomic E-state index is -1.21. The van der Waals surface area contributed by atoms with Crippen molar-refractivity contribution in [3.05, 3.63) is 142 Å². The molecule has 0 aliphatic carbocycles. The Morgan fingerprint density at radius 1 is 0.507 bits per heavy atom. The highest BCUT2D eigenvalue weighted by Gasteiger charge is 2.40. The minimum absolute atomic E-state index is 0.0538. The Hall–Kier alpha value is -4.50. The van der Waals surface area contributed by atoms with E-state index in [1.807, 2.05) is 13.8 Å². The first-order valence-corrected chi connectivity index (χ1v) is 25.7. The van der Waals surface area contributed by atoms with Crippen LogP contribution in [-0.4, -0.2) is 67.3 Å². The maximum atomic E-state index is 13.8. The largest absolute Gasteiger partial charge is 0.509 e. The van der Waals surface area contributed by atoms with Gasteiger partial charge in [0.15, 0.2) is 5.60 Å². The van der Waals surface area contributed by atoms with Gasteiger partial charge in [-0.3, -0.25) is 0 Å². The first-order valence-electron chi connectivity index (χ1n) is 25.7. The molecular formula is C61H86N2O6. The van der Waals surface area contributed by atoms with Gasteiger partial charge in [-0.05, 0) is 93.4 Å². The predicted octanol–water partition coefficient (Wildman–Crippen LogP) is 13.4. The van der Waals surface area contributed by atoms with E-state index in [1.54, 1.807) is 13.8 Å². The molecule has 0 spiro atoms. The third-order valence-corrected chi connectivity index (χ3v) is 14.8. The molecule has 5 atom stereocenters. The Morgan fingerprint density at radius 2 is 0.826 bits per heavy atom. The Bertz CT molecular complexity index is 2190. The van der Waals surface area contributed by atoms with E-state index in [9.17, 15) is 9.59 Å². The van der Waals surface area contributed by atoms with Gasteiger partial charge in [-0.1, -0.05) is 187 Å². The number of carbonyl (C=O) groups excluding carboxylic acids is 2. The molecule has 0 bridgehead atoms. The number of carbonyl (C=O) groups is 2. The van der Waals surface area contributed by atoms with Crippen LogP contribution >= 0.6 is 0 Å². The molecule has 2 heterocycles. The van der Waals surface area contributed by atoms with Crippen molar-refractivity contribution in [1.82, 2.24) is 10.6 Å². The van der Waals surface area contributed by atoms with E-state index in [-0.39, 0.29) is 64.4 Å². The van der Waals surface area contributed by atoms with E-state index in [0.29, 0.717) is 38.8 Å². The van der Waals surface area contributed by atoms with Crippen LogP contribution in [0.5, 0.6) is 0 Å². The fraction of sp³-hybridized carbons (Fsp3) is 0.574. The highest BCUT2D eigenvalue weighted by Crippen LogP contribution is 2.38. The molecule has 0 saturated carbocycles. The Kier molecular flexibility index (Phi) is 16.4. The molecule has 0 radical (unpaired) electrons. The zero-order chi connectivity index (χ0) is 50.7. The van der Waals surface area contributed by atoms with Crippen LogP contribution in [0.4, 0.5) is 4.79 Å². The van der Waals surface area contributed by atoms with Gasteiger partial charge in [-0.25, -0.2) is 9.59 Å². The van der Waals surface area contributed by atoms with E-state index >= 15 is 0 Å². The Labute approximate surface area is 416 Å². The van der Waals surface area contributed by atoms with Gasteiger partial charge < -0.3 is 29.6 Å². The summed E-state index contributed by atoms with van der Waals surface area (Å²) in [5, 5.41) is 7.41. The average Bonchev–Trinajstić information content (AvgIpc) is 3.92. The van der Waals surface area contributed by atoms with Crippen molar-refractivity contribution >= 4 is 12.1 Å². The quantitative estimate of drug-likeness (QED) is 0.114. The molecule has 4 aromatic rings. The van der Waals surface area contributed by atoms with E-state index in [2.05, 4.69) is 191 Å². The minimum Gasteiger partial charge on any atom is -0.459 e. The zero-order valence-corrected chi connectivity index (χ0v) is 45.1. The van der Waals surface area contributed by atoms with E-state index < -0.39 is 23.3 Å². The second-order valence-electron chi connectivity index (χ2n) is 25.0. The SMILES string of the molecule is CCC(C)(CCOC(C)(C)C(=O)O[C@H]1CNC(C(c2ccc(C(C)(C)C)cc2)c2ccc(C(C)(C)C)cc2)C1)OC(=O)O[C@H]1CNC(C(c2ccc(C(C)(C)C)cc2)c2ccc(C(C)(C)C)cc2)C1. The van der Waals surface area contributed by atoms with Crippen molar-refractivity contribution in [2.75, 3.05) is 19.7 Å². The van der Waals surface area contributed by atoms with Gasteiger partial charge in [0.25, 0.3) is 0 Å². The number of esters is 1. The van der Waals surface area contributed by atoms with Crippen LogP contribution in [0.15, 0.2) is 97.1 Å². The number of benzene rings is 4. The van der Waals surface area contributed by atoms with Gasteiger partial charge in [-0.2, -0.15) is 0 Å². The van der Waals surface area contributed by atoms with Crippen LogP contribution in [0.3, 0.4) is 0 Å². The summed E-state index contributed by atoms with van der Waals surface area (Å²) in [7, 11) is 0. The van der Waals surface area contributed by atoms with Crippen LogP contribution in [0.1, 0.15) is 193 Å². The average molecular weight is 943 g/mol. The van der Waals surface area contributed by atoms with Crippen molar-refractivity contribution in [1.29, 1.82) is 0 Å². The summed E-state index contributed by atoms with van der Waals surface area (Å²) < 4.78 is 24.5. The van der Waals surface area contributed by atoms with Crippen molar-refractivity contribution in [3.63, 3.8) is 0 Å². The van der Waals surface area contributed by atoms with Crippen molar-refractivity contribution in [3.8, 4) is 0 Å². The van der Waals surface area contributed by atoms with Crippen LogP contribution in [0.2, 0.25) is 0 Å². The van der Waals surface area contributed by atoms with E-state index in [4.69, 9.17) is 18.9 Å². The lowest BCUT2D eigenvalue weighted by molar-refractivity contribution is -0.174. The first kappa shape index (κ1) is 53.8. The lowest BCUT2D eigenvalue weighted by Crippen LogP contribution is -2.41. The maximum Gasteiger partial charge on any atom is 0.509 e. The lowest BCUT2D eigenvalue weighted by Gasteiger charge is -2.31. The third kappa shape index (κ3) is 13.9. The molecule has 2 aliphatic heterocycles. The summed E-state index contributed by atoms with van der Waals surface area (Å²) in [6.45, 7) is 35.5. The topological polar surface area (TPSA) is 95.1 Å². The Balaban J connectivity index is 1.03. The second kappa shape index (κ2) is 21.1. The molecule has 4 aromatic carbocycles. The molecule has 3 unspecified atom stereocenters. The molecule has 0 aromatic heterocycles. The summed E-state index contributed by atoms with van der Waals surface area (Å²) in [6.07, 6.45) is 0.909. The predicted molar refractivity (Wildman–Crippen MR) is 282 cm³/mol. The summed E-state index contributed by atoms with van der Waals surface area (Å²) in [6, 6.07) is 36.1. The highest BCUT2D eigenvalue weighted by molar-refractivity contribution is 5.78. The summed E-state index contributed by atoms with van der Waals surface area (Å²) >= 11 is 0. The number of hydrogen-bond acceptors (Lipinski definition) is 8. The van der Waals surface area contributed by atoms with Gasteiger partial charge in [0, 0.05) is 56.3 Å². The van der Waals surface area contributed by atoms with Gasteiger partial charge in [0.2, 0.25) is 0 Å². The molecular weight excluding hydrogens is 857 g/mol. The van der Waals surface area contributed by atoms with Crippen molar-refractivity contribution in [2.24, 2.45) is 0 Å². The normalized spacial score (nSPS) is 20.3. The standard InChI is InChI=1S/C61H86N2O6/c1-17-61(16,69-55(65)68-49-37-51(63-39-49)53(42-22-30-46(31-23-42)58(8,9)10)43-24-32-47(33-25-43)59(11,12)13)34-35-66-60(14,15)54(64)67-48-36-50(62-38-48)52(40-18-26-44(27-19-40)56(2,3)4)41-20-28-45(29-21-41)57(5,6)7/h18-33,48-53,62-63H,17,34-39H2,1-16H3/t48-,49-,50?,51?,61?/m1/s1. The first-order chi connectivity index (χ1) is 32.1. The molecule has 2 fully saturated rings.